The summed E-state index contributed by atoms with van der Waals surface area (Å²) in [6.45, 7) is 10.5. The van der Waals surface area contributed by atoms with E-state index in [9.17, 15) is 24.0 Å². The van der Waals surface area contributed by atoms with E-state index >= 15 is 0 Å². The topological polar surface area (TPSA) is 202 Å². The molecule has 14 nitrogen and oxygen atoms in total. The fraction of sp³-hybridized carbons (Fsp3) is 0.371. The Labute approximate surface area is 285 Å². The highest BCUT2D eigenvalue weighted by Crippen LogP contribution is 2.28. The molecule has 1 saturated heterocycles. The van der Waals surface area contributed by atoms with Crippen LogP contribution < -0.4 is 27.5 Å². The molecule has 1 aliphatic heterocycles. The van der Waals surface area contributed by atoms with Crippen LogP contribution in [0.2, 0.25) is 0 Å². The summed E-state index contributed by atoms with van der Waals surface area (Å²) in [4.78, 5) is 65.5. The van der Waals surface area contributed by atoms with Gasteiger partial charge >= 0.3 is 0 Å². The Morgan fingerprint density at radius 1 is 1.08 bits per heavy atom. The minimum absolute atomic E-state index is 0.0393. The van der Waals surface area contributed by atoms with Gasteiger partial charge in [0.25, 0.3) is 5.91 Å². The number of para-hydroxylation sites is 1. The van der Waals surface area contributed by atoms with Gasteiger partial charge in [-0.2, -0.15) is 0 Å². The van der Waals surface area contributed by atoms with Gasteiger partial charge in [0.1, 0.15) is 6.04 Å². The third-order valence-electron chi connectivity index (χ3n) is 8.37. The van der Waals surface area contributed by atoms with Crippen LogP contribution in [0.15, 0.2) is 60.6 Å². The summed E-state index contributed by atoms with van der Waals surface area (Å²) in [5.41, 5.74) is 9.52. The monoisotopic (exact) mass is 672 g/mol. The van der Waals surface area contributed by atoms with E-state index < -0.39 is 34.7 Å². The molecule has 0 radical (unpaired) electrons. The summed E-state index contributed by atoms with van der Waals surface area (Å²) in [5, 5.41) is 10.6. The van der Waals surface area contributed by atoms with Crippen LogP contribution in [0, 0.1) is 12.3 Å². The third-order valence-corrected chi connectivity index (χ3v) is 8.37. The van der Waals surface area contributed by atoms with Crippen molar-refractivity contribution in [2.24, 2.45) is 17.0 Å². The van der Waals surface area contributed by atoms with Crippen molar-refractivity contribution in [3.8, 4) is 0 Å². The van der Waals surface area contributed by atoms with Crippen molar-refractivity contribution in [2.45, 2.75) is 65.6 Å². The number of hydrogen-bond acceptors (Lipinski definition) is 11. The molecule has 5 amide bonds. The van der Waals surface area contributed by atoms with E-state index in [2.05, 4.69) is 20.9 Å². The third kappa shape index (κ3) is 8.77. The molecule has 3 aromatic rings. The smallest absolute Gasteiger partial charge is 0.261 e. The first-order chi connectivity index (χ1) is 23.2. The Kier molecular flexibility index (Phi) is 11.4. The SMILES string of the molecule is Cc1c(NC(C)(C)COCC(C)(C)/C(N)=C/N(N)Cc2ccnc3c(NC=O)cccc23)cccc1C(=O)N(C=O)C1CCC(=O)NC1=O. The van der Waals surface area contributed by atoms with Crippen LogP contribution in [0.4, 0.5) is 11.4 Å². The van der Waals surface area contributed by atoms with E-state index in [-0.39, 0.29) is 31.6 Å². The van der Waals surface area contributed by atoms with Gasteiger partial charge < -0.3 is 26.1 Å². The fourth-order valence-electron chi connectivity index (χ4n) is 5.54. The molecule has 0 saturated carbocycles. The predicted octanol–water partition coefficient (Wildman–Crippen LogP) is 2.92. The largest absolute Gasteiger partial charge is 0.400 e. The van der Waals surface area contributed by atoms with Gasteiger partial charge in [-0.3, -0.25) is 39.2 Å². The lowest BCUT2D eigenvalue weighted by Gasteiger charge is -2.32. The highest BCUT2D eigenvalue weighted by atomic mass is 16.5. The fourth-order valence-corrected chi connectivity index (χ4v) is 5.54. The minimum Gasteiger partial charge on any atom is -0.400 e. The Bertz CT molecular complexity index is 1770. The average molecular weight is 673 g/mol. The molecule has 2 aromatic carbocycles. The molecule has 14 heteroatoms. The van der Waals surface area contributed by atoms with Crippen molar-refractivity contribution in [1.29, 1.82) is 0 Å². The quantitative estimate of drug-likeness (QED) is 0.0688. The van der Waals surface area contributed by atoms with Gasteiger partial charge in [-0.15, -0.1) is 0 Å². The number of amides is 5. The van der Waals surface area contributed by atoms with Crippen LogP contribution >= 0.6 is 0 Å². The zero-order chi connectivity index (χ0) is 35.9. The van der Waals surface area contributed by atoms with Crippen molar-refractivity contribution in [3.05, 3.63) is 77.2 Å². The lowest BCUT2D eigenvalue weighted by molar-refractivity contribution is -0.139. The number of hydrazine groups is 1. The molecule has 0 bridgehead atoms. The Hall–Kier alpha value is -5.34. The number of rotatable bonds is 15. The first-order valence-electron chi connectivity index (χ1n) is 15.8. The predicted molar refractivity (Wildman–Crippen MR) is 185 cm³/mol. The second-order valence-corrected chi connectivity index (χ2v) is 13.3. The molecule has 260 valence electrons. The number of benzene rings is 2. The molecule has 1 fully saturated rings. The van der Waals surface area contributed by atoms with Crippen molar-refractivity contribution >= 4 is 52.8 Å². The van der Waals surface area contributed by atoms with E-state index in [1.54, 1.807) is 37.5 Å². The number of carbonyl (C=O) groups excluding carboxylic acids is 5. The number of aromatic nitrogens is 1. The molecule has 1 aromatic heterocycles. The van der Waals surface area contributed by atoms with Gasteiger partial charge in [-0.25, -0.2) is 5.84 Å². The van der Waals surface area contributed by atoms with Gasteiger partial charge in [-0.1, -0.05) is 32.0 Å². The molecule has 1 aliphatic rings. The zero-order valence-electron chi connectivity index (χ0n) is 28.4. The van der Waals surface area contributed by atoms with Crippen molar-refractivity contribution in [3.63, 3.8) is 0 Å². The van der Waals surface area contributed by atoms with E-state index in [1.807, 2.05) is 52.0 Å². The number of ether oxygens (including phenoxy) is 1. The number of nitrogens with two attached hydrogens (primary N) is 2. The van der Waals surface area contributed by atoms with Crippen LogP contribution in [0.1, 0.15) is 62.0 Å². The maximum atomic E-state index is 13.4. The number of hydrogen-bond donors (Lipinski definition) is 5. The molecular formula is C35H44N8O6. The number of fused-ring (bicyclic) bond motifs is 1. The molecule has 0 spiro atoms. The number of nitrogens with zero attached hydrogens (tertiary/aromatic N) is 3. The molecular weight excluding hydrogens is 628 g/mol. The van der Waals surface area contributed by atoms with Crippen LogP contribution in [0.25, 0.3) is 10.9 Å². The number of anilines is 2. The number of nitrogens with one attached hydrogen (secondary N) is 3. The molecule has 0 aliphatic carbocycles. The summed E-state index contributed by atoms with van der Waals surface area (Å²) in [5.74, 6) is 4.62. The van der Waals surface area contributed by atoms with Crippen LogP contribution in [0.3, 0.4) is 0 Å². The Balaban J connectivity index is 1.37. The van der Waals surface area contributed by atoms with E-state index in [1.165, 1.54) is 5.01 Å². The van der Waals surface area contributed by atoms with Gasteiger partial charge in [0.05, 0.1) is 36.5 Å². The van der Waals surface area contributed by atoms with Crippen LogP contribution in [-0.2, 0) is 30.5 Å². The summed E-state index contributed by atoms with van der Waals surface area (Å²) >= 11 is 0. The lowest BCUT2D eigenvalue weighted by atomic mass is 9.91. The molecule has 2 heterocycles. The van der Waals surface area contributed by atoms with Gasteiger partial charge in [0.15, 0.2) is 0 Å². The highest BCUT2D eigenvalue weighted by molar-refractivity contribution is 6.08. The highest BCUT2D eigenvalue weighted by Gasteiger charge is 2.35. The maximum Gasteiger partial charge on any atom is 0.261 e. The van der Waals surface area contributed by atoms with Crippen LogP contribution in [0.5, 0.6) is 0 Å². The standard InChI is InChI=1S/C35H44N8O6/c1-22-24(33(48)43(21-45)28-12-13-30(46)40-32(28)47)8-6-10-26(22)41-35(4,5)19-49-18-34(2,3)29(36)17-42(37)16-23-14-15-38-31-25(23)9-7-11-27(31)39-20-44/h6-11,14-15,17,20-21,28,41H,12-13,16,18-19,36-37H2,1-5H3,(H,39,44)(H,40,46,47)/b29-17-. The Morgan fingerprint density at radius 2 is 1.80 bits per heavy atom. The zero-order valence-corrected chi connectivity index (χ0v) is 28.4. The van der Waals surface area contributed by atoms with E-state index in [0.717, 1.165) is 15.8 Å². The average Bonchev–Trinajstić information content (AvgIpc) is 3.03. The summed E-state index contributed by atoms with van der Waals surface area (Å²) in [7, 11) is 0. The normalized spacial score (nSPS) is 15.4. The first kappa shape index (κ1) is 36.5. The summed E-state index contributed by atoms with van der Waals surface area (Å²) in [6.07, 6.45) is 4.39. The maximum absolute atomic E-state index is 13.4. The Morgan fingerprint density at radius 3 is 2.49 bits per heavy atom. The molecule has 1 atom stereocenters. The van der Waals surface area contributed by atoms with Crippen molar-refractivity contribution < 1.29 is 28.7 Å². The lowest BCUT2D eigenvalue weighted by Crippen LogP contribution is -2.54. The summed E-state index contributed by atoms with van der Waals surface area (Å²) in [6, 6.07) is 11.4. The number of imide groups is 2. The second kappa shape index (κ2) is 15.3. The molecule has 49 heavy (non-hydrogen) atoms. The first-order valence-corrected chi connectivity index (χ1v) is 15.8. The molecule has 4 rings (SSSR count). The minimum atomic E-state index is -1.06. The molecule has 1 unspecified atom stereocenters. The number of pyridine rings is 1. The van der Waals surface area contributed by atoms with Gasteiger partial charge in [-0.05, 0) is 62.6 Å². The second-order valence-electron chi connectivity index (χ2n) is 13.3. The molecule has 7 N–H and O–H groups in total. The van der Waals surface area contributed by atoms with Crippen LogP contribution in [-0.4, -0.2) is 70.2 Å². The van der Waals surface area contributed by atoms with E-state index in [0.29, 0.717) is 47.5 Å². The van der Waals surface area contributed by atoms with E-state index in [4.69, 9.17) is 16.3 Å². The summed E-state index contributed by atoms with van der Waals surface area (Å²) < 4.78 is 6.14. The number of carbonyl (C=O) groups is 5. The van der Waals surface area contributed by atoms with Crippen molar-refractivity contribution in [1.82, 2.24) is 20.2 Å². The van der Waals surface area contributed by atoms with Gasteiger partial charge in [0.2, 0.25) is 24.6 Å². The number of piperidine rings is 1. The van der Waals surface area contributed by atoms with Gasteiger partial charge in [0, 0.05) is 46.6 Å². The van der Waals surface area contributed by atoms with Crippen molar-refractivity contribution in [2.75, 3.05) is 23.8 Å².